The molecule has 3 amide bonds. The molecule has 0 aliphatic heterocycles. The number of carboxylic acids is 2. The third-order valence-electron chi connectivity index (χ3n) is 5.94. The van der Waals surface area contributed by atoms with E-state index in [1.807, 2.05) is 0 Å². The number of hydrogen-bond donors (Lipinski definition) is 8. The molecule has 0 bridgehead atoms. The van der Waals surface area contributed by atoms with E-state index in [2.05, 4.69) is 25.9 Å². The number of nitrogens with zero attached hydrogens (tertiary/aromatic N) is 1. The first-order valence-electron chi connectivity index (χ1n) is 12.7. The molecule has 1 heterocycles. The van der Waals surface area contributed by atoms with Gasteiger partial charge >= 0.3 is 11.9 Å². The molecule has 4 unspecified atom stereocenters. The third-order valence-corrected chi connectivity index (χ3v) is 5.94. The first-order chi connectivity index (χ1) is 18.8. The Kier molecular flexibility index (Phi) is 12.1. The van der Waals surface area contributed by atoms with Crippen LogP contribution in [0.3, 0.4) is 0 Å². The Bertz CT molecular complexity index is 1150. The summed E-state index contributed by atoms with van der Waals surface area (Å²) in [6.45, 7) is 3.60. The lowest BCUT2D eigenvalue weighted by Gasteiger charge is -2.26. The van der Waals surface area contributed by atoms with Crippen LogP contribution in [-0.2, 0) is 36.8 Å². The number of nitrogens with two attached hydrogens (primary N) is 1. The molecule has 0 saturated heterocycles. The second-order valence-electron chi connectivity index (χ2n) is 9.84. The van der Waals surface area contributed by atoms with Gasteiger partial charge in [-0.05, 0) is 36.5 Å². The second-order valence-corrected chi connectivity index (χ2v) is 9.84. The van der Waals surface area contributed by atoms with Crippen molar-refractivity contribution >= 4 is 29.7 Å². The molecule has 9 N–H and O–H groups in total. The van der Waals surface area contributed by atoms with E-state index in [1.165, 1.54) is 36.8 Å². The predicted molar refractivity (Wildman–Crippen MR) is 142 cm³/mol. The zero-order valence-electron chi connectivity index (χ0n) is 22.3. The number of phenolic OH excluding ortho intramolecular Hbond substituents is 1. The molecule has 40 heavy (non-hydrogen) atoms. The van der Waals surface area contributed by atoms with E-state index in [0.29, 0.717) is 11.3 Å². The number of benzene rings is 1. The summed E-state index contributed by atoms with van der Waals surface area (Å²) in [6.07, 6.45) is 2.36. The predicted octanol–water partition coefficient (Wildman–Crippen LogP) is -0.322. The molecule has 4 atom stereocenters. The fraction of sp³-hybridized carbons (Fsp3) is 0.462. The van der Waals surface area contributed by atoms with Crippen LogP contribution in [0.2, 0.25) is 0 Å². The standard InChI is InChI=1S/C26H36N6O8/c1-14(2)9-20(25(38)32-21(26(39)40)10-15-3-5-17(33)6-4-15)31-24(37)19(7-8-22(34)35)30-23(36)18(27)11-16-12-28-13-29-16/h3-6,12-14,18-21,33H,7-11,27H2,1-2H3,(H,28,29)(H,30,36)(H,31,37)(H,32,38)(H,34,35)(H,39,40). The maximum Gasteiger partial charge on any atom is 0.326 e. The van der Waals surface area contributed by atoms with E-state index in [4.69, 9.17) is 10.8 Å². The van der Waals surface area contributed by atoms with Crippen molar-refractivity contribution in [2.75, 3.05) is 0 Å². The average molecular weight is 561 g/mol. The van der Waals surface area contributed by atoms with E-state index in [0.717, 1.165) is 0 Å². The van der Waals surface area contributed by atoms with Crippen LogP contribution in [0.25, 0.3) is 0 Å². The highest BCUT2D eigenvalue weighted by atomic mass is 16.4. The number of carbonyl (C=O) groups is 5. The van der Waals surface area contributed by atoms with Crippen molar-refractivity contribution in [1.82, 2.24) is 25.9 Å². The zero-order chi connectivity index (χ0) is 29.8. The molecule has 1 aromatic carbocycles. The zero-order valence-corrected chi connectivity index (χ0v) is 22.3. The van der Waals surface area contributed by atoms with Crippen molar-refractivity contribution in [3.63, 3.8) is 0 Å². The van der Waals surface area contributed by atoms with Gasteiger partial charge in [-0.25, -0.2) is 9.78 Å². The lowest BCUT2D eigenvalue weighted by Crippen LogP contribution is -2.57. The summed E-state index contributed by atoms with van der Waals surface area (Å²) in [5.74, 6) is -4.85. The monoisotopic (exact) mass is 560 g/mol. The maximum absolute atomic E-state index is 13.2. The number of aliphatic carboxylic acids is 2. The lowest BCUT2D eigenvalue weighted by molar-refractivity contribution is -0.142. The lowest BCUT2D eigenvalue weighted by atomic mass is 10.0. The Balaban J connectivity index is 2.14. The number of nitrogens with one attached hydrogen (secondary N) is 4. The van der Waals surface area contributed by atoms with Crippen molar-refractivity contribution in [2.45, 2.75) is 70.1 Å². The Hall–Kier alpha value is -4.46. The van der Waals surface area contributed by atoms with Gasteiger partial charge in [0.05, 0.1) is 12.4 Å². The second kappa shape index (κ2) is 15.2. The Morgan fingerprint density at radius 2 is 1.50 bits per heavy atom. The van der Waals surface area contributed by atoms with Crippen LogP contribution in [-0.4, -0.2) is 79.1 Å². The molecular formula is C26H36N6O8. The maximum atomic E-state index is 13.2. The van der Waals surface area contributed by atoms with Gasteiger partial charge in [0.1, 0.15) is 23.9 Å². The molecule has 0 spiro atoms. The van der Waals surface area contributed by atoms with Crippen LogP contribution in [0.15, 0.2) is 36.8 Å². The Labute approximate surface area is 230 Å². The SMILES string of the molecule is CC(C)CC(NC(=O)C(CCC(=O)O)NC(=O)C(N)Cc1cnc[nH]1)C(=O)NC(Cc1ccc(O)cc1)C(=O)O. The van der Waals surface area contributed by atoms with Gasteiger partial charge in [0.15, 0.2) is 0 Å². The largest absolute Gasteiger partial charge is 0.508 e. The van der Waals surface area contributed by atoms with Crippen molar-refractivity contribution in [3.8, 4) is 5.75 Å². The number of aromatic nitrogens is 2. The van der Waals surface area contributed by atoms with E-state index in [9.17, 15) is 34.2 Å². The number of rotatable bonds is 16. The molecule has 0 radical (unpaired) electrons. The third kappa shape index (κ3) is 10.7. The van der Waals surface area contributed by atoms with Crippen molar-refractivity contribution in [1.29, 1.82) is 0 Å². The average Bonchev–Trinajstić information content (AvgIpc) is 3.39. The highest BCUT2D eigenvalue weighted by Gasteiger charge is 2.31. The highest BCUT2D eigenvalue weighted by molar-refractivity contribution is 5.94. The number of amides is 3. The summed E-state index contributed by atoms with van der Waals surface area (Å²) in [5.41, 5.74) is 7.08. The quantitative estimate of drug-likeness (QED) is 0.133. The van der Waals surface area contributed by atoms with Crippen LogP contribution < -0.4 is 21.7 Å². The molecule has 0 aliphatic carbocycles. The molecular weight excluding hydrogens is 524 g/mol. The Morgan fingerprint density at radius 1 is 0.900 bits per heavy atom. The van der Waals surface area contributed by atoms with Gasteiger partial charge < -0.3 is 42.0 Å². The van der Waals surface area contributed by atoms with Gasteiger partial charge in [-0.2, -0.15) is 0 Å². The summed E-state index contributed by atoms with van der Waals surface area (Å²) < 4.78 is 0. The molecule has 218 valence electrons. The molecule has 0 fully saturated rings. The van der Waals surface area contributed by atoms with Crippen LogP contribution in [0, 0.1) is 5.92 Å². The molecule has 2 aromatic rings. The smallest absolute Gasteiger partial charge is 0.326 e. The molecule has 14 nitrogen and oxygen atoms in total. The topological polar surface area (TPSA) is 237 Å². The number of aromatic amines is 1. The summed E-state index contributed by atoms with van der Waals surface area (Å²) in [7, 11) is 0. The van der Waals surface area contributed by atoms with Crippen molar-refractivity contribution in [2.24, 2.45) is 11.7 Å². The van der Waals surface area contributed by atoms with Gasteiger partial charge in [-0.15, -0.1) is 0 Å². The van der Waals surface area contributed by atoms with Crippen LogP contribution in [0.5, 0.6) is 5.75 Å². The minimum atomic E-state index is -1.33. The number of phenols is 1. The summed E-state index contributed by atoms with van der Waals surface area (Å²) in [6, 6.07) is 0.963. The van der Waals surface area contributed by atoms with Gasteiger partial charge in [0.2, 0.25) is 17.7 Å². The molecule has 14 heteroatoms. The fourth-order valence-electron chi connectivity index (χ4n) is 3.86. The number of imidazole rings is 1. The van der Waals surface area contributed by atoms with Gasteiger partial charge in [-0.3, -0.25) is 19.2 Å². The minimum absolute atomic E-state index is 0.00572. The van der Waals surface area contributed by atoms with Crippen LogP contribution in [0.1, 0.15) is 44.4 Å². The summed E-state index contributed by atoms with van der Waals surface area (Å²) in [5, 5.41) is 35.7. The molecule has 2 rings (SSSR count). The van der Waals surface area contributed by atoms with Gasteiger partial charge in [0.25, 0.3) is 0 Å². The van der Waals surface area contributed by atoms with E-state index in [-0.39, 0.29) is 37.4 Å². The summed E-state index contributed by atoms with van der Waals surface area (Å²) in [4.78, 5) is 68.7. The fourth-order valence-corrected chi connectivity index (χ4v) is 3.86. The minimum Gasteiger partial charge on any atom is -0.508 e. The molecule has 0 aliphatic rings. The molecule has 0 saturated carbocycles. The number of carboxylic acid groups (broad SMARTS) is 2. The number of hydrogen-bond acceptors (Lipinski definition) is 8. The number of H-pyrrole nitrogens is 1. The molecule has 1 aromatic heterocycles. The first kappa shape index (κ1) is 31.8. The highest BCUT2D eigenvalue weighted by Crippen LogP contribution is 2.13. The Morgan fingerprint density at radius 3 is 2.05 bits per heavy atom. The normalized spacial score (nSPS) is 14.0. The van der Waals surface area contributed by atoms with Crippen LogP contribution in [0.4, 0.5) is 0 Å². The number of aromatic hydroxyl groups is 1. The van der Waals surface area contributed by atoms with Crippen LogP contribution >= 0.6 is 0 Å². The van der Waals surface area contributed by atoms with Gasteiger partial charge in [-0.1, -0.05) is 26.0 Å². The van der Waals surface area contributed by atoms with E-state index >= 15 is 0 Å². The van der Waals surface area contributed by atoms with Crippen molar-refractivity contribution in [3.05, 3.63) is 48.0 Å². The van der Waals surface area contributed by atoms with E-state index in [1.54, 1.807) is 13.8 Å². The first-order valence-corrected chi connectivity index (χ1v) is 12.7. The summed E-state index contributed by atoms with van der Waals surface area (Å²) >= 11 is 0. The van der Waals surface area contributed by atoms with Gasteiger partial charge in [0, 0.05) is 31.2 Å². The van der Waals surface area contributed by atoms with Crippen molar-refractivity contribution < 1.29 is 39.3 Å². The number of carbonyl (C=O) groups excluding carboxylic acids is 3. The van der Waals surface area contributed by atoms with E-state index < -0.39 is 60.2 Å².